The Morgan fingerprint density at radius 2 is 2.24 bits per heavy atom. The summed E-state index contributed by atoms with van der Waals surface area (Å²) in [6, 6.07) is 0. The topological polar surface area (TPSA) is 69.0 Å². The Morgan fingerprint density at radius 3 is 2.81 bits per heavy atom. The molecule has 0 aliphatic heterocycles. The second kappa shape index (κ2) is 5.95. The van der Waals surface area contributed by atoms with E-state index in [1.165, 1.54) is 11.3 Å². The Labute approximate surface area is 128 Å². The summed E-state index contributed by atoms with van der Waals surface area (Å²) in [7, 11) is 3.47. The van der Waals surface area contributed by atoms with E-state index >= 15 is 0 Å². The van der Waals surface area contributed by atoms with Crippen molar-refractivity contribution in [3.8, 4) is 10.6 Å². The van der Waals surface area contributed by atoms with Gasteiger partial charge in [0.2, 0.25) is 0 Å². The fourth-order valence-electron chi connectivity index (χ4n) is 2.02. The zero-order valence-corrected chi connectivity index (χ0v) is 13.7. The van der Waals surface area contributed by atoms with Gasteiger partial charge in [-0.25, -0.2) is 4.98 Å². The zero-order valence-electron chi connectivity index (χ0n) is 12.9. The number of ether oxygens (including phenoxy) is 1. The molecule has 0 saturated carbocycles. The second-order valence-corrected chi connectivity index (χ2v) is 6.61. The zero-order chi connectivity index (χ0) is 15.6. The molecule has 0 atom stereocenters. The van der Waals surface area contributed by atoms with Crippen LogP contribution < -0.4 is 5.32 Å². The summed E-state index contributed by atoms with van der Waals surface area (Å²) < 4.78 is 6.83. The maximum atomic E-state index is 12.4. The Morgan fingerprint density at radius 1 is 1.52 bits per heavy atom. The average molecular weight is 308 g/mol. The summed E-state index contributed by atoms with van der Waals surface area (Å²) in [4.78, 5) is 17.5. The monoisotopic (exact) mass is 308 g/mol. The second-order valence-electron chi connectivity index (χ2n) is 5.61. The lowest BCUT2D eigenvalue weighted by atomic mass is 10.1. The molecule has 2 aromatic rings. The van der Waals surface area contributed by atoms with Crippen LogP contribution in [0.5, 0.6) is 0 Å². The number of aromatic nitrogens is 3. The van der Waals surface area contributed by atoms with Crippen molar-refractivity contribution in [2.45, 2.75) is 26.3 Å². The number of hydrogen-bond acceptors (Lipinski definition) is 5. The van der Waals surface area contributed by atoms with Crippen molar-refractivity contribution < 1.29 is 9.53 Å². The number of hydrogen-bond donors (Lipinski definition) is 1. The van der Waals surface area contributed by atoms with E-state index < -0.39 is 5.54 Å². The predicted octanol–water partition coefficient (Wildman–Crippen LogP) is 2.01. The van der Waals surface area contributed by atoms with Gasteiger partial charge in [-0.3, -0.25) is 9.48 Å². The molecule has 2 aromatic heterocycles. The third-order valence-electron chi connectivity index (χ3n) is 2.91. The molecule has 1 amide bonds. The van der Waals surface area contributed by atoms with E-state index in [9.17, 15) is 4.79 Å². The smallest absolute Gasteiger partial charge is 0.263 e. The van der Waals surface area contributed by atoms with Crippen LogP contribution in [0.15, 0.2) is 12.4 Å². The number of aryl methyl sites for hydroxylation is 2. The third kappa shape index (κ3) is 3.68. The van der Waals surface area contributed by atoms with Crippen LogP contribution in [0.1, 0.15) is 29.2 Å². The SMILES string of the molecule is COCC(C)(C)NC(=O)c1sc(-c2cnn(C)c2)nc1C. The maximum Gasteiger partial charge on any atom is 0.263 e. The van der Waals surface area contributed by atoms with Crippen LogP contribution in [0.2, 0.25) is 0 Å². The molecule has 21 heavy (non-hydrogen) atoms. The first kappa shape index (κ1) is 15.7. The molecule has 2 rings (SSSR count). The van der Waals surface area contributed by atoms with E-state index in [4.69, 9.17) is 4.74 Å². The van der Waals surface area contributed by atoms with E-state index in [0.29, 0.717) is 11.5 Å². The third-order valence-corrected chi connectivity index (χ3v) is 4.12. The first-order chi connectivity index (χ1) is 9.82. The molecule has 0 spiro atoms. The lowest BCUT2D eigenvalue weighted by Crippen LogP contribution is -2.46. The summed E-state index contributed by atoms with van der Waals surface area (Å²) in [6.07, 6.45) is 3.63. The van der Waals surface area contributed by atoms with Gasteiger partial charge in [0.1, 0.15) is 9.88 Å². The van der Waals surface area contributed by atoms with Crippen molar-refractivity contribution in [1.29, 1.82) is 0 Å². The van der Waals surface area contributed by atoms with Crippen molar-refractivity contribution in [3.05, 3.63) is 23.0 Å². The summed E-state index contributed by atoms with van der Waals surface area (Å²) in [5.41, 5.74) is 1.22. The standard InChI is InChI=1S/C14H20N4O2S/c1-9-11(12(19)17-14(2,3)8-20-5)21-13(16-9)10-6-15-18(4)7-10/h6-7H,8H2,1-5H3,(H,17,19). The van der Waals surface area contributed by atoms with Crippen LogP contribution in [0.25, 0.3) is 10.6 Å². The van der Waals surface area contributed by atoms with Crippen LogP contribution in [0, 0.1) is 6.92 Å². The lowest BCUT2D eigenvalue weighted by Gasteiger charge is -2.24. The largest absolute Gasteiger partial charge is 0.382 e. The average Bonchev–Trinajstić information content (AvgIpc) is 2.94. The quantitative estimate of drug-likeness (QED) is 0.917. The number of nitrogens with one attached hydrogen (secondary N) is 1. The fraction of sp³-hybridized carbons (Fsp3) is 0.500. The van der Waals surface area contributed by atoms with E-state index in [0.717, 1.165) is 16.3 Å². The highest BCUT2D eigenvalue weighted by Crippen LogP contribution is 2.27. The van der Waals surface area contributed by atoms with Crippen LogP contribution in [-0.2, 0) is 11.8 Å². The number of methoxy groups -OCH3 is 1. The molecule has 2 heterocycles. The summed E-state index contributed by atoms with van der Waals surface area (Å²) in [5, 5.41) is 7.90. The highest BCUT2D eigenvalue weighted by molar-refractivity contribution is 7.17. The van der Waals surface area contributed by atoms with Crippen molar-refractivity contribution in [2.75, 3.05) is 13.7 Å². The number of thiazole rings is 1. The predicted molar refractivity (Wildman–Crippen MR) is 82.5 cm³/mol. The van der Waals surface area contributed by atoms with Crippen molar-refractivity contribution >= 4 is 17.2 Å². The van der Waals surface area contributed by atoms with Gasteiger partial charge in [-0.15, -0.1) is 11.3 Å². The Balaban J connectivity index is 2.21. The molecule has 0 bridgehead atoms. The van der Waals surface area contributed by atoms with Gasteiger partial charge in [-0.05, 0) is 20.8 Å². The molecule has 0 saturated heterocycles. The molecule has 0 unspecified atom stereocenters. The normalized spacial score (nSPS) is 11.7. The first-order valence-corrected chi connectivity index (χ1v) is 7.42. The van der Waals surface area contributed by atoms with Gasteiger partial charge in [0.25, 0.3) is 5.91 Å². The first-order valence-electron chi connectivity index (χ1n) is 6.60. The number of nitrogens with zero attached hydrogens (tertiary/aromatic N) is 3. The molecule has 0 fully saturated rings. The molecule has 0 radical (unpaired) electrons. The highest BCUT2D eigenvalue weighted by Gasteiger charge is 2.24. The van der Waals surface area contributed by atoms with Gasteiger partial charge in [-0.2, -0.15) is 5.10 Å². The van der Waals surface area contributed by atoms with Crippen molar-refractivity contribution in [1.82, 2.24) is 20.1 Å². The molecule has 0 aliphatic rings. The van der Waals surface area contributed by atoms with Gasteiger partial charge in [-0.1, -0.05) is 0 Å². The van der Waals surface area contributed by atoms with E-state index in [1.54, 1.807) is 18.0 Å². The van der Waals surface area contributed by atoms with Gasteiger partial charge >= 0.3 is 0 Å². The number of carbonyl (C=O) groups is 1. The van der Waals surface area contributed by atoms with Crippen LogP contribution >= 0.6 is 11.3 Å². The number of rotatable bonds is 5. The molecular weight excluding hydrogens is 288 g/mol. The number of carbonyl (C=O) groups excluding carboxylic acids is 1. The highest BCUT2D eigenvalue weighted by atomic mass is 32.1. The minimum absolute atomic E-state index is 0.123. The molecular formula is C14H20N4O2S. The Bertz CT molecular complexity index is 645. The molecule has 6 nitrogen and oxygen atoms in total. The lowest BCUT2D eigenvalue weighted by molar-refractivity contribution is 0.0823. The van der Waals surface area contributed by atoms with Crippen LogP contribution in [0.4, 0.5) is 0 Å². The minimum Gasteiger partial charge on any atom is -0.382 e. The molecule has 0 aliphatic carbocycles. The summed E-state index contributed by atoms with van der Waals surface area (Å²) in [6.45, 7) is 6.14. The maximum absolute atomic E-state index is 12.4. The molecule has 114 valence electrons. The van der Waals surface area contributed by atoms with E-state index in [2.05, 4.69) is 15.4 Å². The van der Waals surface area contributed by atoms with Gasteiger partial charge in [0.05, 0.1) is 24.0 Å². The minimum atomic E-state index is -0.420. The van der Waals surface area contributed by atoms with Crippen LogP contribution in [0.3, 0.4) is 0 Å². The van der Waals surface area contributed by atoms with Crippen molar-refractivity contribution in [2.24, 2.45) is 7.05 Å². The van der Waals surface area contributed by atoms with E-state index in [1.807, 2.05) is 34.0 Å². The summed E-state index contributed by atoms with van der Waals surface area (Å²) >= 11 is 1.38. The number of amides is 1. The Hall–Kier alpha value is -1.73. The van der Waals surface area contributed by atoms with Crippen LogP contribution in [-0.4, -0.2) is 39.9 Å². The Kier molecular flexibility index (Phi) is 4.43. The van der Waals surface area contributed by atoms with Crippen molar-refractivity contribution in [3.63, 3.8) is 0 Å². The van der Waals surface area contributed by atoms with E-state index in [-0.39, 0.29) is 5.91 Å². The molecule has 1 N–H and O–H groups in total. The summed E-state index contributed by atoms with van der Waals surface area (Å²) in [5.74, 6) is -0.123. The van der Waals surface area contributed by atoms with Gasteiger partial charge in [0.15, 0.2) is 0 Å². The molecule has 0 aromatic carbocycles. The fourth-order valence-corrected chi connectivity index (χ4v) is 2.96. The van der Waals surface area contributed by atoms with Gasteiger partial charge in [0, 0.05) is 25.9 Å². The van der Waals surface area contributed by atoms with Gasteiger partial charge < -0.3 is 10.1 Å². The molecule has 7 heteroatoms.